The van der Waals surface area contributed by atoms with Crippen LogP contribution in [0.15, 0.2) is 42.6 Å². The first kappa shape index (κ1) is 16.2. The zero-order valence-corrected chi connectivity index (χ0v) is 14.6. The van der Waals surface area contributed by atoms with Crippen LogP contribution in [0, 0.1) is 6.92 Å². The highest BCUT2D eigenvalue weighted by molar-refractivity contribution is 5.94. The van der Waals surface area contributed by atoms with Crippen molar-refractivity contribution in [3.05, 3.63) is 48.2 Å². The second-order valence-electron chi connectivity index (χ2n) is 6.14. The first-order valence-electron chi connectivity index (χ1n) is 8.49. The van der Waals surface area contributed by atoms with Gasteiger partial charge in [0, 0.05) is 18.1 Å². The van der Waals surface area contributed by atoms with Crippen molar-refractivity contribution in [2.75, 3.05) is 18.7 Å². The van der Waals surface area contributed by atoms with Crippen LogP contribution in [0.5, 0.6) is 11.5 Å². The van der Waals surface area contributed by atoms with Gasteiger partial charge in [0.15, 0.2) is 11.5 Å². The van der Waals surface area contributed by atoms with Crippen molar-refractivity contribution in [1.82, 2.24) is 10.3 Å². The van der Waals surface area contributed by atoms with Crippen LogP contribution >= 0.6 is 0 Å². The van der Waals surface area contributed by atoms with Gasteiger partial charge in [0.05, 0.1) is 0 Å². The van der Waals surface area contributed by atoms with Crippen molar-refractivity contribution >= 4 is 22.6 Å². The number of nitrogens with one attached hydrogen (secondary N) is 2. The van der Waals surface area contributed by atoms with Gasteiger partial charge in [-0.05, 0) is 60.2 Å². The smallest absolute Gasteiger partial charge is 0.320 e. The Kier molecular flexibility index (Phi) is 4.08. The number of nitrogens with zero attached hydrogens (tertiary/aromatic N) is 1. The summed E-state index contributed by atoms with van der Waals surface area (Å²) in [7, 11) is 0. The maximum absolute atomic E-state index is 11.7. The predicted octanol–water partition coefficient (Wildman–Crippen LogP) is 4.08. The lowest BCUT2D eigenvalue weighted by Crippen LogP contribution is -2.28. The second-order valence-corrected chi connectivity index (χ2v) is 6.14. The van der Waals surface area contributed by atoms with E-state index < -0.39 is 0 Å². The number of hydrogen-bond donors (Lipinski definition) is 2. The fourth-order valence-corrected chi connectivity index (χ4v) is 3.07. The van der Waals surface area contributed by atoms with E-state index in [-0.39, 0.29) is 12.8 Å². The van der Waals surface area contributed by atoms with E-state index >= 15 is 0 Å². The first-order valence-corrected chi connectivity index (χ1v) is 8.49. The average Bonchev–Trinajstić information content (AvgIpc) is 3.09. The van der Waals surface area contributed by atoms with Gasteiger partial charge in [0.1, 0.15) is 5.82 Å². The normalized spacial score (nSPS) is 12.2. The third-order valence-electron chi connectivity index (χ3n) is 4.33. The van der Waals surface area contributed by atoms with Gasteiger partial charge in [-0.3, -0.25) is 5.32 Å². The van der Waals surface area contributed by atoms with Crippen molar-refractivity contribution < 1.29 is 14.3 Å². The third kappa shape index (κ3) is 3.01. The predicted molar refractivity (Wildman–Crippen MR) is 101 cm³/mol. The molecular formula is C20H19N3O3. The molecule has 132 valence electrons. The number of pyridine rings is 1. The van der Waals surface area contributed by atoms with Gasteiger partial charge in [-0.2, -0.15) is 0 Å². The summed E-state index contributed by atoms with van der Waals surface area (Å²) in [5.74, 6) is 2.04. The van der Waals surface area contributed by atoms with Crippen LogP contribution in [-0.2, 0) is 0 Å². The van der Waals surface area contributed by atoms with E-state index in [4.69, 9.17) is 9.47 Å². The van der Waals surface area contributed by atoms with Gasteiger partial charge >= 0.3 is 6.03 Å². The number of carbonyl (C=O) groups is 1. The summed E-state index contributed by atoms with van der Waals surface area (Å²) in [5.41, 5.74) is 3.24. The van der Waals surface area contributed by atoms with Crippen molar-refractivity contribution in [3.8, 4) is 22.6 Å². The van der Waals surface area contributed by atoms with Crippen LogP contribution in [-0.4, -0.2) is 24.4 Å². The average molecular weight is 349 g/mol. The molecule has 2 aromatic carbocycles. The van der Waals surface area contributed by atoms with E-state index in [0.717, 1.165) is 39.0 Å². The molecule has 0 atom stereocenters. The molecule has 6 nitrogen and oxygen atoms in total. The molecular weight excluding hydrogens is 330 g/mol. The van der Waals surface area contributed by atoms with Crippen LogP contribution < -0.4 is 20.1 Å². The fourth-order valence-electron chi connectivity index (χ4n) is 3.07. The highest BCUT2D eigenvalue weighted by Crippen LogP contribution is 2.37. The highest BCUT2D eigenvalue weighted by atomic mass is 16.7. The number of carbonyl (C=O) groups excluding carboxylic acids is 1. The molecule has 2 amide bonds. The molecule has 1 aromatic heterocycles. The molecule has 26 heavy (non-hydrogen) atoms. The van der Waals surface area contributed by atoms with Crippen molar-refractivity contribution in [2.45, 2.75) is 13.8 Å². The van der Waals surface area contributed by atoms with E-state index in [1.165, 1.54) is 0 Å². The van der Waals surface area contributed by atoms with Crippen molar-refractivity contribution in [3.63, 3.8) is 0 Å². The summed E-state index contributed by atoms with van der Waals surface area (Å²) in [5, 5.41) is 7.51. The van der Waals surface area contributed by atoms with E-state index in [1.807, 2.05) is 31.2 Å². The van der Waals surface area contributed by atoms with Gasteiger partial charge in [0.25, 0.3) is 0 Å². The lowest BCUT2D eigenvalue weighted by atomic mass is 9.98. The molecule has 3 aromatic rings. The Morgan fingerprint density at radius 1 is 1.12 bits per heavy atom. The number of ether oxygens (including phenoxy) is 2. The Morgan fingerprint density at radius 2 is 1.96 bits per heavy atom. The third-order valence-corrected chi connectivity index (χ3v) is 4.33. The summed E-state index contributed by atoms with van der Waals surface area (Å²) >= 11 is 0. The van der Waals surface area contributed by atoms with Crippen LogP contribution in [0.25, 0.3) is 21.9 Å². The zero-order chi connectivity index (χ0) is 18.1. The van der Waals surface area contributed by atoms with E-state index in [2.05, 4.69) is 34.7 Å². The lowest BCUT2D eigenvalue weighted by molar-refractivity contribution is 0.174. The topological polar surface area (TPSA) is 72.5 Å². The Hall–Kier alpha value is -3.28. The monoisotopic (exact) mass is 349 g/mol. The van der Waals surface area contributed by atoms with Crippen LogP contribution in [0.2, 0.25) is 0 Å². The Labute approximate surface area is 151 Å². The van der Waals surface area contributed by atoms with E-state index in [0.29, 0.717) is 12.4 Å². The summed E-state index contributed by atoms with van der Waals surface area (Å²) < 4.78 is 10.9. The van der Waals surface area contributed by atoms with Crippen molar-refractivity contribution in [2.24, 2.45) is 0 Å². The van der Waals surface area contributed by atoms with Gasteiger partial charge in [-0.1, -0.05) is 12.1 Å². The molecule has 2 N–H and O–H groups in total. The second kappa shape index (κ2) is 6.55. The summed E-state index contributed by atoms with van der Waals surface area (Å²) in [6.45, 7) is 4.74. The maximum atomic E-state index is 11.7. The Bertz CT molecular complexity index is 1000. The van der Waals surface area contributed by atoms with Crippen LogP contribution in [0.3, 0.4) is 0 Å². The minimum absolute atomic E-state index is 0.260. The number of rotatable bonds is 3. The Morgan fingerprint density at radius 3 is 2.81 bits per heavy atom. The number of fused-ring (bicyclic) bond motifs is 2. The molecule has 0 spiro atoms. The molecule has 1 aliphatic heterocycles. The molecule has 0 radical (unpaired) electrons. The number of anilines is 1. The molecule has 0 saturated carbocycles. The SMILES string of the molecule is CCNC(=O)Nc1cc2cc(-c3ccc4c(c3)OCO4)cc(C)c2cn1. The molecule has 2 heterocycles. The summed E-state index contributed by atoms with van der Waals surface area (Å²) in [6, 6.07) is 11.8. The number of urea groups is 1. The van der Waals surface area contributed by atoms with Gasteiger partial charge < -0.3 is 14.8 Å². The summed E-state index contributed by atoms with van der Waals surface area (Å²) in [6.07, 6.45) is 1.79. The molecule has 0 unspecified atom stereocenters. The van der Waals surface area contributed by atoms with Crippen LogP contribution in [0.1, 0.15) is 12.5 Å². The quantitative estimate of drug-likeness (QED) is 0.747. The molecule has 0 saturated heterocycles. The molecule has 6 heteroatoms. The van der Waals surface area contributed by atoms with Gasteiger partial charge in [-0.15, -0.1) is 0 Å². The van der Waals surface area contributed by atoms with Gasteiger partial charge in [0.2, 0.25) is 6.79 Å². The highest BCUT2D eigenvalue weighted by Gasteiger charge is 2.14. The summed E-state index contributed by atoms with van der Waals surface area (Å²) in [4.78, 5) is 16.1. The molecule has 4 rings (SSSR count). The standard InChI is InChI=1S/C20H19N3O3/c1-3-21-20(24)23-19-9-15-7-14(6-12(2)16(15)10-22-19)13-4-5-17-18(8-13)26-11-25-17/h4-10H,3,11H2,1-2H3,(H2,21,22,23,24). The molecule has 1 aliphatic rings. The van der Waals surface area contributed by atoms with Crippen molar-refractivity contribution in [1.29, 1.82) is 0 Å². The largest absolute Gasteiger partial charge is 0.454 e. The first-order chi connectivity index (χ1) is 12.6. The number of aromatic nitrogens is 1. The molecule has 0 bridgehead atoms. The lowest BCUT2D eigenvalue weighted by Gasteiger charge is -2.10. The zero-order valence-electron chi connectivity index (χ0n) is 14.6. The minimum Gasteiger partial charge on any atom is -0.454 e. The Balaban J connectivity index is 1.73. The number of hydrogen-bond acceptors (Lipinski definition) is 4. The molecule has 0 fully saturated rings. The van der Waals surface area contributed by atoms with E-state index in [9.17, 15) is 4.79 Å². The fraction of sp³-hybridized carbons (Fsp3) is 0.200. The number of amides is 2. The minimum atomic E-state index is -0.261. The van der Waals surface area contributed by atoms with E-state index in [1.54, 1.807) is 6.20 Å². The number of benzene rings is 2. The number of aryl methyl sites for hydroxylation is 1. The van der Waals surface area contributed by atoms with Crippen LogP contribution in [0.4, 0.5) is 10.6 Å². The van der Waals surface area contributed by atoms with Gasteiger partial charge in [-0.25, -0.2) is 9.78 Å². The molecule has 0 aliphatic carbocycles. The maximum Gasteiger partial charge on any atom is 0.320 e.